The van der Waals surface area contributed by atoms with E-state index in [-0.39, 0.29) is 11.6 Å². The van der Waals surface area contributed by atoms with Crippen LogP contribution in [0.5, 0.6) is 0 Å². The summed E-state index contributed by atoms with van der Waals surface area (Å²) in [6.07, 6.45) is 0. The number of rotatable bonds is 5. The molecule has 7 heteroatoms. The van der Waals surface area contributed by atoms with Gasteiger partial charge in [-0.1, -0.05) is 18.2 Å². The van der Waals surface area contributed by atoms with Crippen LogP contribution in [-0.2, 0) is 20.5 Å². The lowest BCUT2D eigenvalue weighted by Gasteiger charge is -2.29. The SMILES string of the molecule is Cc1ccc(N2CCOCC2)cc1NS(=O)(=O)Cc1ccc(F)cc1. The van der Waals surface area contributed by atoms with E-state index in [9.17, 15) is 12.8 Å². The summed E-state index contributed by atoms with van der Waals surface area (Å²) in [5.41, 5.74) is 2.91. The van der Waals surface area contributed by atoms with Crippen LogP contribution in [0.1, 0.15) is 11.1 Å². The number of nitrogens with zero attached hydrogens (tertiary/aromatic N) is 1. The molecular formula is C18H21FN2O3S. The quantitative estimate of drug-likeness (QED) is 0.886. The molecule has 3 rings (SSSR count). The van der Waals surface area contributed by atoms with Crippen molar-refractivity contribution in [3.8, 4) is 0 Å². The Morgan fingerprint density at radius 3 is 2.48 bits per heavy atom. The van der Waals surface area contributed by atoms with Crippen LogP contribution >= 0.6 is 0 Å². The highest BCUT2D eigenvalue weighted by molar-refractivity contribution is 7.91. The third-order valence-corrected chi connectivity index (χ3v) is 5.38. The van der Waals surface area contributed by atoms with Crippen LogP contribution in [0.15, 0.2) is 42.5 Å². The van der Waals surface area contributed by atoms with Crippen molar-refractivity contribution in [3.05, 3.63) is 59.4 Å². The van der Waals surface area contributed by atoms with Crippen molar-refractivity contribution >= 4 is 21.4 Å². The molecule has 1 N–H and O–H groups in total. The highest BCUT2D eigenvalue weighted by Crippen LogP contribution is 2.25. The van der Waals surface area contributed by atoms with Gasteiger partial charge in [0.1, 0.15) is 5.82 Å². The van der Waals surface area contributed by atoms with Gasteiger partial charge in [-0.25, -0.2) is 12.8 Å². The largest absolute Gasteiger partial charge is 0.378 e. The number of aryl methyl sites for hydroxylation is 1. The first-order chi connectivity index (χ1) is 11.9. The molecule has 0 aliphatic carbocycles. The van der Waals surface area contributed by atoms with Crippen LogP contribution < -0.4 is 9.62 Å². The minimum absolute atomic E-state index is 0.200. The monoisotopic (exact) mass is 364 g/mol. The van der Waals surface area contributed by atoms with Gasteiger partial charge in [-0.15, -0.1) is 0 Å². The van der Waals surface area contributed by atoms with Gasteiger partial charge in [-0.3, -0.25) is 4.72 Å². The third kappa shape index (κ3) is 4.70. The number of morpholine rings is 1. The Bertz CT molecular complexity index is 832. The molecule has 0 aromatic heterocycles. The second-order valence-electron chi connectivity index (χ2n) is 6.09. The zero-order valence-electron chi connectivity index (χ0n) is 14.0. The Kier molecular flexibility index (Phi) is 5.24. The normalized spacial score (nSPS) is 15.2. The molecule has 1 aliphatic heterocycles. The van der Waals surface area contributed by atoms with E-state index in [1.165, 1.54) is 24.3 Å². The van der Waals surface area contributed by atoms with Gasteiger partial charge in [-0.2, -0.15) is 0 Å². The van der Waals surface area contributed by atoms with Crippen molar-refractivity contribution in [3.63, 3.8) is 0 Å². The standard InChI is InChI=1S/C18H21FN2O3S/c1-14-2-7-17(21-8-10-24-11-9-21)12-18(14)20-25(22,23)13-15-3-5-16(19)6-4-15/h2-7,12,20H,8-11,13H2,1H3. The summed E-state index contributed by atoms with van der Waals surface area (Å²) in [5, 5.41) is 0. The molecule has 1 aliphatic rings. The van der Waals surface area contributed by atoms with Gasteiger partial charge in [0.05, 0.1) is 24.7 Å². The zero-order valence-corrected chi connectivity index (χ0v) is 14.9. The maximum absolute atomic E-state index is 13.0. The summed E-state index contributed by atoms with van der Waals surface area (Å²) >= 11 is 0. The Labute approximate surface area is 147 Å². The average molecular weight is 364 g/mol. The van der Waals surface area contributed by atoms with Crippen molar-refractivity contribution in [2.24, 2.45) is 0 Å². The number of benzene rings is 2. The van der Waals surface area contributed by atoms with Crippen LogP contribution in [0.25, 0.3) is 0 Å². The van der Waals surface area contributed by atoms with E-state index in [0.717, 1.165) is 24.3 Å². The minimum Gasteiger partial charge on any atom is -0.378 e. The van der Waals surface area contributed by atoms with Crippen molar-refractivity contribution in [1.82, 2.24) is 0 Å². The third-order valence-electron chi connectivity index (χ3n) is 4.13. The molecule has 25 heavy (non-hydrogen) atoms. The summed E-state index contributed by atoms with van der Waals surface area (Å²) in [5.74, 6) is -0.586. The predicted octanol–water partition coefficient (Wildman–Crippen LogP) is 2.91. The fraction of sp³-hybridized carbons (Fsp3) is 0.333. The fourth-order valence-corrected chi connectivity index (χ4v) is 4.00. The molecule has 1 saturated heterocycles. The molecule has 1 fully saturated rings. The number of halogens is 1. The molecule has 5 nitrogen and oxygen atoms in total. The first-order valence-electron chi connectivity index (χ1n) is 8.11. The van der Waals surface area contributed by atoms with Gasteiger partial charge in [-0.05, 0) is 42.3 Å². The number of ether oxygens (including phenoxy) is 1. The Hall–Kier alpha value is -2.12. The highest BCUT2D eigenvalue weighted by Gasteiger charge is 2.16. The second-order valence-corrected chi connectivity index (χ2v) is 7.81. The maximum atomic E-state index is 13.0. The van der Waals surface area contributed by atoms with Crippen molar-refractivity contribution in [2.45, 2.75) is 12.7 Å². The molecule has 0 atom stereocenters. The molecule has 0 amide bonds. The van der Waals surface area contributed by atoms with Gasteiger partial charge in [0, 0.05) is 18.8 Å². The topological polar surface area (TPSA) is 58.6 Å². The van der Waals surface area contributed by atoms with Gasteiger partial charge in [0.15, 0.2) is 0 Å². The van der Waals surface area contributed by atoms with Gasteiger partial charge >= 0.3 is 0 Å². The molecule has 0 spiro atoms. The van der Waals surface area contributed by atoms with Crippen LogP contribution in [0.3, 0.4) is 0 Å². The number of anilines is 2. The first-order valence-corrected chi connectivity index (χ1v) is 9.76. The van der Waals surface area contributed by atoms with Gasteiger partial charge < -0.3 is 9.64 Å². The Morgan fingerprint density at radius 1 is 1.12 bits per heavy atom. The smallest absolute Gasteiger partial charge is 0.236 e. The van der Waals surface area contributed by atoms with E-state index in [1.54, 1.807) is 0 Å². The lowest BCUT2D eigenvalue weighted by atomic mass is 10.1. The summed E-state index contributed by atoms with van der Waals surface area (Å²) in [4.78, 5) is 2.17. The summed E-state index contributed by atoms with van der Waals surface area (Å²) in [7, 11) is -3.59. The van der Waals surface area contributed by atoms with E-state index in [1.807, 2.05) is 25.1 Å². The van der Waals surface area contributed by atoms with E-state index in [2.05, 4.69) is 9.62 Å². The highest BCUT2D eigenvalue weighted by atomic mass is 32.2. The molecule has 0 radical (unpaired) electrons. The maximum Gasteiger partial charge on any atom is 0.236 e. The van der Waals surface area contributed by atoms with E-state index in [0.29, 0.717) is 24.5 Å². The van der Waals surface area contributed by atoms with Crippen LogP contribution in [0.2, 0.25) is 0 Å². The summed E-state index contributed by atoms with van der Waals surface area (Å²) in [6.45, 7) is 4.76. The Morgan fingerprint density at radius 2 is 1.80 bits per heavy atom. The van der Waals surface area contributed by atoms with Gasteiger partial charge in [0.2, 0.25) is 10.0 Å². The number of hydrogen-bond acceptors (Lipinski definition) is 4. The van der Waals surface area contributed by atoms with E-state index >= 15 is 0 Å². The molecule has 2 aromatic carbocycles. The molecular weight excluding hydrogens is 343 g/mol. The lowest BCUT2D eigenvalue weighted by molar-refractivity contribution is 0.122. The number of sulfonamides is 1. The van der Waals surface area contributed by atoms with E-state index in [4.69, 9.17) is 4.74 Å². The molecule has 0 bridgehead atoms. The zero-order chi connectivity index (χ0) is 17.9. The van der Waals surface area contributed by atoms with Crippen molar-refractivity contribution < 1.29 is 17.5 Å². The van der Waals surface area contributed by atoms with Gasteiger partial charge in [0.25, 0.3) is 0 Å². The number of hydrogen-bond donors (Lipinski definition) is 1. The van der Waals surface area contributed by atoms with Crippen LogP contribution in [-0.4, -0.2) is 34.7 Å². The molecule has 134 valence electrons. The predicted molar refractivity (Wildman–Crippen MR) is 96.9 cm³/mol. The Balaban J connectivity index is 1.77. The molecule has 0 unspecified atom stereocenters. The molecule has 0 saturated carbocycles. The van der Waals surface area contributed by atoms with Crippen molar-refractivity contribution in [2.75, 3.05) is 35.9 Å². The fourth-order valence-electron chi connectivity index (χ4n) is 2.74. The van der Waals surface area contributed by atoms with Crippen molar-refractivity contribution in [1.29, 1.82) is 0 Å². The summed E-state index contributed by atoms with van der Waals surface area (Å²) < 4.78 is 45.9. The molecule has 1 heterocycles. The average Bonchev–Trinajstić information content (AvgIpc) is 2.59. The molecule has 2 aromatic rings. The minimum atomic E-state index is -3.59. The number of nitrogens with one attached hydrogen (secondary N) is 1. The van der Waals surface area contributed by atoms with Crippen LogP contribution in [0, 0.1) is 12.7 Å². The van der Waals surface area contributed by atoms with Crippen LogP contribution in [0.4, 0.5) is 15.8 Å². The lowest BCUT2D eigenvalue weighted by Crippen LogP contribution is -2.36. The second kappa shape index (κ2) is 7.41. The summed E-state index contributed by atoms with van der Waals surface area (Å²) in [6, 6.07) is 11.2. The van der Waals surface area contributed by atoms with E-state index < -0.39 is 10.0 Å². The first kappa shape index (κ1) is 17.7.